The quantitative estimate of drug-likeness (QED) is 0.725. The summed E-state index contributed by atoms with van der Waals surface area (Å²) in [6.45, 7) is 6.24. The van der Waals surface area contributed by atoms with Gasteiger partial charge in [-0.3, -0.25) is 4.79 Å². The molecule has 4 nitrogen and oxygen atoms in total. The molecule has 0 saturated carbocycles. The van der Waals surface area contributed by atoms with Gasteiger partial charge in [0.05, 0.1) is 30.8 Å². The second-order valence-electron chi connectivity index (χ2n) is 4.64. The molecule has 1 saturated heterocycles. The fourth-order valence-corrected chi connectivity index (χ4v) is 1.64. The van der Waals surface area contributed by atoms with Gasteiger partial charge < -0.3 is 15.2 Å². The Kier molecular flexibility index (Phi) is 4.11. The molecule has 1 amide bonds. The van der Waals surface area contributed by atoms with Gasteiger partial charge in [0, 0.05) is 0 Å². The monoisotopic (exact) mass is 215 g/mol. The molecular formula is C11H21NO3. The van der Waals surface area contributed by atoms with Crippen LogP contribution in [-0.4, -0.2) is 35.9 Å². The summed E-state index contributed by atoms with van der Waals surface area (Å²) in [5.41, 5.74) is -0.497. The SMILES string of the molecule is CCC(C)(CO)NC(=O)C1COC(C)C1. The largest absolute Gasteiger partial charge is 0.394 e. The summed E-state index contributed by atoms with van der Waals surface area (Å²) in [7, 11) is 0. The van der Waals surface area contributed by atoms with Crippen molar-refractivity contribution in [2.45, 2.75) is 45.3 Å². The highest BCUT2D eigenvalue weighted by molar-refractivity contribution is 5.79. The first-order valence-electron chi connectivity index (χ1n) is 5.55. The second-order valence-corrected chi connectivity index (χ2v) is 4.64. The van der Waals surface area contributed by atoms with Gasteiger partial charge in [-0.05, 0) is 26.7 Å². The third kappa shape index (κ3) is 3.18. The number of hydrogen-bond acceptors (Lipinski definition) is 3. The zero-order valence-corrected chi connectivity index (χ0v) is 9.75. The van der Waals surface area contributed by atoms with Crippen LogP contribution in [0.5, 0.6) is 0 Å². The fraction of sp³-hybridized carbons (Fsp3) is 0.909. The van der Waals surface area contributed by atoms with Crippen LogP contribution in [0, 0.1) is 5.92 Å². The summed E-state index contributed by atoms with van der Waals surface area (Å²) in [6.07, 6.45) is 1.66. The molecule has 4 heteroatoms. The average Bonchev–Trinajstić information content (AvgIpc) is 2.65. The molecule has 0 aliphatic carbocycles. The third-order valence-electron chi connectivity index (χ3n) is 3.12. The van der Waals surface area contributed by atoms with Gasteiger partial charge >= 0.3 is 0 Å². The highest BCUT2D eigenvalue weighted by Gasteiger charge is 2.32. The van der Waals surface area contributed by atoms with E-state index >= 15 is 0 Å². The van der Waals surface area contributed by atoms with Gasteiger partial charge in [0.25, 0.3) is 0 Å². The van der Waals surface area contributed by atoms with Crippen LogP contribution >= 0.6 is 0 Å². The number of carbonyl (C=O) groups excluding carboxylic acids is 1. The molecule has 3 unspecified atom stereocenters. The molecule has 15 heavy (non-hydrogen) atoms. The summed E-state index contributed by atoms with van der Waals surface area (Å²) in [5, 5.41) is 12.1. The molecule has 0 radical (unpaired) electrons. The van der Waals surface area contributed by atoms with Gasteiger partial charge in [-0.2, -0.15) is 0 Å². The fourth-order valence-electron chi connectivity index (χ4n) is 1.64. The molecule has 0 aromatic heterocycles. The zero-order valence-electron chi connectivity index (χ0n) is 9.75. The van der Waals surface area contributed by atoms with Crippen molar-refractivity contribution >= 4 is 5.91 Å². The summed E-state index contributed by atoms with van der Waals surface area (Å²) in [5.74, 6) is -0.0600. The Morgan fingerprint density at radius 1 is 1.67 bits per heavy atom. The van der Waals surface area contributed by atoms with Gasteiger partial charge in [-0.15, -0.1) is 0 Å². The summed E-state index contributed by atoms with van der Waals surface area (Å²) in [4.78, 5) is 11.8. The average molecular weight is 215 g/mol. The van der Waals surface area contributed by atoms with E-state index in [1.54, 1.807) is 0 Å². The number of nitrogens with one attached hydrogen (secondary N) is 1. The number of amides is 1. The molecule has 88 valence electrons. The maximum absolute atomic E-state index is 11.8. The lowest BCUT2D eigenvalue weighted by atomic mass is 9.97. The molecular weight excluding hydrogens is 194 g/mol. The molecule has 2 N–H and O–H groups in total. The van der Waals surface area contributed by atoms with E-state index in [0.717, 1.165) is 12.8 Å². The maximum atomic E-state index is 11.8. The normalized spacial score (nSPS) is 29.9. The highest BCUT2D eigenvalue weighted by Crippen LogP contribution is 2.20. The van der Waals surface area contributed by atoms with E-state index in [4.69, 9.17) is 4.74 Å². The van der Waals surface area contributed by atoms with Crippen LogP contribution in [0.1, 0.15) is 33.6 Å². The Balaban J connectivity index is 2.48. The smallest absolute Gasteiger partial charge is 0.226 e. The van der Waals surface area contributed by atoms with E-state index in [1.807, 2.05) is 20.8 Å². The van der Waals surface area contributed by atoms with Crippen LogP contribution in [-0.2, 0) is 9.53 Å². The Hall–Kier alpha value is -0.610. The van der Waals surface area contributed by atoms with Crippen LogP contribution in [0.25, 0.3) is 0 Å². The van der Waals surface area contributed by atoms with Gasteiger partial charge in [0.15, 0.2) is 0 Å². The second kappa shape index (κ2) is 4.94. The van der Waals surface area contributed by atoms with Crippen molar-refractivity contribution in [3.63, 3.8) is 0 Å². The zero-order chi connectivity index (χ0) is 11.5. The molecule has 0 spiro atoms. The minimum atomic E-state index is -0.497. The van der Waals surface area contributed by atoms with E-state index in [1.165, 1.54) is 0 Å². The predicted octanol–water partition coefficient (Wildman–Crippen LogP) is 0.689. The van der Waals surface area contributed by atoms with Crippen molar-refractivity contribution in [3.05, 3.63) is 0 Å². The predicted molar refractivity (Wildman–Crippen MR) is 57.4 cm³/mol. The standard InChI is InChI=1S/C11H21NO3/c1-4-11(3,7-13)12-10(14)9-5-8(2)15-6-9/h8-9,13H,4-7H2,1-3H3,(H,12,14). The lowest BCUT2D eigenvalue weighted by molar-refractivity contribution is -0.127. The minimum absolute atomic E-state index is 0.00208. The summed E-state index contributed by atoms with van der Waals surface area (Å²) >= 11 is 0. The molecule has 1 rings (SSSR count). The first kappa shape index (κ1) is 12.5. The van der Waals surface area contributed by atoms with E-state index in [-0.39, 0.29) is 24.5 Å². The topological polar surface area (TPSA) is 58.6 Å². The van der Waals surface area contributed by atoms with Crippen molar-refractivity contribution < 1.29 is 14.6 Å². The molecule has 1 aliphatic heterocycles. The van der Waals surface area contributed by atoms with Gasteiger partial charge in [0.1, 0.15) is 0 Å². The molecule has 1 heterocycles. The number of ether oxygens (including phenoxy) is 1. The van der Waals surface area contributed by atoms with Crippen LogP contribution in [0.2, 0.25) is 0 Å². The van der Waals surface area contributed by atoms with Gasteiger partial charge in [-0.1, -0.05) is 6.92 Å². The molecule has 1 fully saturated rings. The number of hydrogen-bond donors (Lipinski definition) is 2. The molecule has 3 atom stereocenters. The minimum Gasteiger partial charge on any atom is -0.394 e. The lowest BCUT2D eigenvalue weighted by Crippen LogP contribution is -2.50. The molecule has 0 bridgehead atoms. The Morgan fingerprint density at radius 2 is 2.33 bits per heavy atom. The van der Waals surface area contributed by atoms with Crippen molar-refractivity contribution in [2.75, 3.05) is 13.2 Å². The van der Waals surface area contributed by atoms with Crippen LogP contribution in [0.4, 0.5) is 0 Å². The van der Waals surface area contributed by atoms with Crippen LogP contribution in [0.3, 0.4) is 0 Å². The molecule has 1 aliphatic rings. The Morgan fingerprint density at radius 3 is 2.73 bits per heavy atom. The number of rotatable bonds is 4. The number of carbonyl (C=O) groups is 1. The van der Waals surface area contributed by atoms with E-state index in [9.17, 15) is 9.90 Å². The van der Waals surface area contributed by atoms with Crippen molar-refractivity contribution in [1.82, 2.24) is 5.32 Å². The van der Waals surface area contributed by atoms with Gasteiger partial charge in [-0.25, -0.2) is 0 Å². The summed E-state index contributed by atoms with van der Waals surface area (Å²) in [6, 6.07) is 0. The van der Waals surface area contributed by atoms with Crippen LogP contribution < -0.4 is 5.32 Å². The van der Waals surface area contributed by atoms with Crippen molar-refractivity contribution in [3.8, 4) is 0 Å². The van der Waals surface area contributed by atoms with E-state index in [0.29, 0.717) is 6.61 Å². The van der Waals surface area contributed by atoms with E-state index in [2.05, 4.69) is 5.32 Å². The molecule has 0 aromatic rings. The first-order chi connectivity index (χ1) is 7.00. The van der Waals surface area contributed by atoms with Crippen molar-refractivity contribution in [1.29, 1.82) is 0 Å². The number of aliphatic hydroxyl groups is 1. The van der Waals surface area contributed by atoms with Crippen molar-refractivity contribution in [2.24, 2.45) is 5.92 Å². The lowest BCUT2D eigenvalue weighted by Gasteiger charge is -2.28. The molecule has 0 aromatic carbocycles. The first-order valence-corrected chi connectivity index (χ1v) is 5.55. The number of aliphatic hydroxyl groups excluding tert-OH is 1. The Labute approximate surface area is 91.0 Å². The van der Waals surface area contributed by atoms with Crippen LogP contribution in [0.15, 0.2) is 0 Å². The van der Waals surface area contributed by atoms with E-state index < -0.39 is 5.54 Å². The Bertz CT molecular complexity index is 226. The third-order valence-corrected chi connectivity index (χ3v) is 3.12. The summed E-state index contributed by atoms with van der Waals surface area (Å²) < 4.78 is 5.34. The van der Waals surface area contributed by atoms with Gasteiger partial charge in [0.2, 0.25) is 5.91 Å². The highest BCUT2D eigenvalue weighted by atomic mass is 16.5. The maximum Gasteiger partial charge on any atom is 0.226 e.